The van der Waals surface area contributed by atoms with E-state index < -0.39 is 0 Å². The highest BCUT2D eigenvalue weighted by atomic mass is 19.1. The van der Waals surface area contributed by atoms with E-state index in [1.54, 1.807) is 43.6 Å². The largest absolute Gasteiger partial charge is 0.378 e. The number of pyridine rings is 1. The van der Waals surface area contributed by atoms with E-state index in [0.717, 1.165) is 0 Å². The lowest BCUT2D eigenvalue weighted by molar-refractivity contribution is 0.0958. The van der Waals surface area contributed by atoms with Gasteiger partial charge >= 0.3 is 0 Å². The van der Waals surface area contributed by atoms with Crippen molar-refractivity contribution in [2.24, 2.45) is 0 Å². The number of anilines is 1. The number of nitrogens with one attached hydrogen (secondary N) is 2. The number of nitrogens with zero attached hydrogens (tertiary/aromatic N) is 1. The van der Waals surface area contributed by atoms with Gasteiger partial charge in [-0.25, -0.2) is 4.39 Å². The molecule has 1 heterocycles. The lowest BCUT2D eigenvalue weighted by atomic mass is 10.1. The minimum Gasteiger partial charge on any atom is -0.378 e. The summed E-state index contributed by atoms with van der Waals surface area (Å²) >= 11 is 0. The normalized spacial score (nSPS) is 11.8. The summed E-state index contributed by atoms with van der Waals surface area (Å²) in [6.45, 7) is 1.86. The Labute approximate surface area is 117 Å². The van der Waals surface area contributed by atoms with Crippen molar-refractivity contribution >= 4 is 11.6 Å². The number of aromatic nitrogens is 1. The predicted molar refractivity (Wildman–Crippen MR) is 76.1 cm³/mol. The molecular weight excluding hydrogens is 257 g/mol. The lowest BCUT2D eigenvalue weighted by Gasteiger charge is -2.16. The average Bonchev–Trinajstić information content (AvgIpc) is 2.47. The van der Waals surface area contributed by atoms with Crippen LogP contribution in [0.1, 0.15) is 29.0 Å². The third-order valence-electron chi connectivity index (χ3n) is 2.97. The molecule has 0 aliphatic heterocycles. The summed E-state index contributed by atoms with van der Waals surface area (Å²) in [7, 11) is 1.55. The summed E-state index contributed by atoms with van der Waals surface area (Å²) in [5.74, 6) is -0.514. The number of benzene rings is 1. The summed E-state index contributed by atoms with van der Waals surface area (Å²) in [4.78, 5) is 15.5. The first-order valence-corrected chi connectivity index (χ1v) is 6.31. The first kappa shape index (κ1) is 14.0. The lowest BCUT2D eigenvalue weighted by Crippen LogP contribution is -2.19. The van der Waals surface area contributed by atoms with Gasteiger partial charge in [-0.15, -0.1) is 0 Å². The van der Waals surface area contributed by atoms with Gasteiger partial charge in [0.1, 0.15) is 11.5 Å². The monoisotopic (exact) mass is 273 g/mol. The smallest absolute Gasteiger partial charge is 0.269 e. The SMILES string of the molecule is CNC(=O)c1cc(NC(C)c2ccccc2F)ccn1. The Morgan fingerprint density at radius 2 is 2.05 bits per heavy atom. The Bertz CT molecular complexity index is 616. The highest BCUT2D eigenvalue weighted by Gasteiger charge is 2.11. The molecule has 0 spiro atoms. The van der Waals surface area contributed by atoms with E-state index in [-0.39, 0.29) is 17.8 Å². The van der Waals surface area contributed by atoms with Gasteiger partial charge in [-0.1, -0.05) is 18.2 Å². The van der Waals surface area contributed by atoms with Gasteiger partial charge < -0.3 is 10.6 Å². The van der Waals surface area contributed by atoms with E-state index in [4.69, 9.17) is 0 Å². The summed E-state index contributed by atoms with van der Waals surface area (Å²) in [6.07, 6.45) is 1.54. The van der Waals surface area contributed by atoms with Crippen molar-refractivity contribution < 1.29 is 9.18 Å². The Kier molecular flexibility index (Phi) is 4.30. The first-order valence-electron chi connectivity index (χ1n) is 6.31. The number of hydrogen-bond acceptors (Lipinski definition) is 3. The van der Waals surface area contributed by atoms with E-state index >= 15 is 0 Å². The van der Waals surface area contributed by atoms with Crippen molar-refractivity contribution in [3.63, 3.8) is 0 Å². The first-order chi connectivity index (χ1) is 9.61. The van der Waals surface area contributed by atoms with Crippen LogP contribution in [0.3, 0.4) is 0 Å². The van der Waals surface area contributed by atoms with E-state index in [1.807, 2.05) is 6.92 Å². The molecule has 1 amide bonds. The third kappa shape index (κ3) is 3.12. The number of halogens is 1. The molecule has 1 aromatic heterocycles. The van der Waals surface area contributed by atoms with Crippen molar-refractivity contribution in [1.82, 2.24) is 10.3 Å². The summed E-state index contributed by atoms with van der Waals surface area (Å²) in [5, 5.41) is 5.67. The molecular formula is C15H16FN3O. The average molecular weight is 273 g/mol. The van der Waals surface area contributed by atoms with Gasteiger partial charge in [0, 0.05) is 24.5 Å². The molecule has 0 bridgehead atoms. The summed E-state index contributed by atoms with van der Waals surface area (Å²) < 4.78 is 13.7. The molecule has 4 nitrogen and oxygen atoms in total. The number of hydrogen-bond donors (Lipinski definition) is 2. The van der Waals surface area contributed by atoms with Crippen molar-refractivity contribution in [1.29, 1.82) is 0 Å². The highest BCUT2D eigenvalue weighted by molar-refractivity contribution is 5.92. The van der Waals surface area contributed by atoms with Crippen LogP contribution < -0.4 is 10.6 Å². The van der Waals surface area contributed by atoms with Crippen LogP contribution in [0.15, 0.2) is 42.6 Å². The van der Waals surface area contributed by atoms with E-state index in [9.17, 15) is 9.18 Å². The van der Waals surface area contributed by atoms with Crippen molar-refractivity contribution in [2.45, 2.75) is 13.0 Å². The van der Waals surface area contributed by atoms with Crippen LogP contribution in [0, 0.1) is 5.82 Å². The minimum atomic E-state index is -0.257. The number of carbonyl (C=O) groups excluding carboxylic acids is 1. The molecule has 1 unspecified atom stereocenters. The predicted octanol–water partition coefficient (Wildman–Crippen LogP) is 2.75. The van der Waals surface area contributed by atoms with Gasteiger partial charge in [-0.3, -0.25) is 9.78 Å². The van der Waals surface area contributed by atoms with Crippen molar-refractivity contribution in [2.75, 3.05) is 12.4 Å². The molecule has 2 aromatic rings. The van der Waals surface area contributed by atoms with Crippen LogP contribution in [0.25, 0.3) is 0 Å². The van der Waals surface area contributed by atoms with Crippen molar-refractivity contribution in [3.8, 4) is 0 Å². The highest BCUT2D eigenvalue weighted by Crippen LogP contribution is 2.21. The second-order valence-corrected chi connectivity index (χ2v) is 4.40. The van der Waals surface area contributed by atoms with Crippen LogP contribution in [0.4, 0.5) is 10.1 Å². The molecule has 0 aliphatic carbocycles. The maximum atomic E-state index is 13.7. The molecule has 1 aromatic carbocycles. The maximum Gasteiger partial charge on any atom is 0.269 e. The Morgan fingerprint density at radius 1 is 1.30 bits per heavy atom. The van der Waals surface area contributed by atoms with Gasteiger partial charge in [0.05, 0.1) is 6.04 Å². The van der Waals surface area contributed by atoms with Gasteiger partial charge in [-0.2, -0.15) is 0 Å². The molecule has 0 radical (unpaired) electrons. The van der Waals surface area contributed by atoms with Crippen LogP contribution in [0.5, 0.6) is 0 Å². The molecule has 2 N–H and O–H groups in total. The molecule has 0 fully saturated rings. The maximum absolute atomic E-state index is 13.7. The Balaban J connectivity index is 2.18. The second-order valence-electron chi connectivity index (χ2n) is 4.40. The molecule has 104 valence electrons. The van der Waals surface area contributed by atoms with Gasteiger partial charge in [0.2, 0.25) is 0 Å². The fourth-order valence-electron chi connectivity index (χ4n) is 1.93. The fraction of sp³-hybridized carbons (Fsp3) is 0.200. The van der Waals surface area contributed by atoms with Crippen LogP contribution in [-0.4, -0.2) is 17.9 Å². The number of amides is 1. The minimum absolute atomic E-state index is 0.212. The van der Waals surface area contributed by atoms with Crippen LogP contribution >= 0.6 is 0 Å². The van der Waals surface area contributed by atoms with E-state index in [0.29, 0.717) is 16.9 Å². The molecule has 0 saturated carbocycles. The molecule has 5 heteroatoms. The molecule has 0 aliphatic rings. The zero-order chi connectivity index (χ0) is 14.5. The third-order valence-corrected chi connectivity index (χ3v) is 2.97. The van der Waals surface area contributed by atoms with E-state index in [2.05, 4.69) is 15.6 Å². The molecule has 20 heavy (non-hydrogen) atoms. The molecule has 0 saturated heterocycles. The zero-order valence-corrected chi connectivity index (χ0v) is 11.4. The second kappa shape index (κ2) is 6.14. The zero-order valence-electron chi connectivity index (χ0n) is 11.4. The van der Waals surface area contributed by atoms with Crippen LogP contribution in [-0.2, 0) is 0 Å². The summed E-state index contributed by atoms with van der Waals surface area (Å²) in [6, 6.07) is 9.76. The number of rotatable bonds is 4. The Morgan fingerprint density at radius 3 is 2.75 bits per heavy atom. The number of carbonyl (C=O) groups is 1. The fourth-order valence-corrected chi connectivity index (χ4v) is 1.93. The van der Waals surface area contributed by atoms with Crippen LogP contribution in [0.2, 0.25) is 0 Å². The van der Waals surface area contributed by atoms with Gasteiger partial charge in [-0.05, 0) is 25.1 Å². The van der Waals surface area contributed by atoms with Gasteiger partial charge in [0.25, 0.3) is 5.91 Å². The molecule has 2 rings (SSSR count). The molecule has 1 atom stereocenters. The summed E-state index contributed by atoms with van der Waals surface area (Å²) in [5.41, 5.74) is 1.61. The Hall–Kier alpha value is -2.43. The van der Waals surface area contributed by atoms with Gasteiger partial charge in [0.15, 0.2) is 0 Å². The van der Waals surface area contributed by atoms with E-state index in [1.165, 1.54) is 6.07 Å². The quantitative estimate of drug-likeness (QED) is 0.900. The topological polar surface area (TPSA) is 54.0 Å². The van der Waals surface area contributed by atoms with Crippen molar-refractivity contribution in [3.05, 3.63) is 59.7 Å². The standard InChI is InChI=1S/C15H16FN3O/c1-10(12-5-3-4-6-13(12)16)19-11-7-8-18-14(9-11)15(20)17-2/h3-10H,1-2H3,(H,17,20)(H,18,19).